The Morgan fingerprint density at radius 2 is 2.10 bits per heavy atom. The number of aliphatic carboxylic acids is 1. The first-order chi connectivity index (χ1) is 10.0. The van der Waals surface area contributed by atoms with Crippen LogP contribution in [0.5, 0.6) is 0 Å². The molecule has 0 saturated heterocycles. The van der Waals surface area contributed by atoms with Gasteiger partial charge in [-0.3, -0.25) is 0 Å². The number of carbonyl (C=O) groups is 1. The molecule has 0 aliphatic rings. The fourth-order valence-corrected chi connectivity index (χ4v) is 2.90. The van der Waals surface area contributed by atoms with Crippen LogP contribution >= 0.6 is 0 Å². The Morgan fingerprint density at radius 3 is 2.71 bits per heavy atom. The van der Waals surface area contributed by atoms with Crippen molar-refractivity contribution in [2.75, 3.05) is 0 Å². The molecule has 1 heterocycles. The van der Waals surface area contributed by atoms with Crippen LogP contribution in [0.3, 0.4) is 0 Å². The molecule has 3 nitrogen and oxygen atoms in total. The van der Waals surface area contributed by atoms with Crippen LogP contribution < -0.4 is 9.67 Å². The largest absolute Gasteiger partial charge is 0.550 e. The van der Waals surface area contributed by atoms with Crippen LogP contribution in [0.4, 0.5) is 0 Å². The van der Waals surface area contributed by atoms with E-state index in [1.165, 1.54) is 18.4 Å². The molecule has 1 aromatic rings. The number of carboxylic acids is 1. The Labute approximate surface area is 129 Å². The lowest BCUT2D eigenvalue weighted by Crippen LogP contribution is -2.38. The van der Waals surface area contributed by atoms with E-state index in [-0.39, 0.29) is 6.42 Å². The maximum Gasteiger partial charge on any atom is 0.171 e. The molecule has 21 heavy (non-hydrogen) atoms. The normalized spacial score (nSPS) is 13.9. The Morgan fingerprint density at radius 1 is 1.33 bits per heavy atom. The molecule has 3 heteroatoms. The number of pyridine rings is 1. The second kappa shape index (κ2) is 9.54. The Balaban J connectivity index is 2.35. The van der Waals surface area contributed by atoms with Crippen LogP contribution in [-0.4, -0.2) is 5.97 Å². The Kier molecular flexibility index (Phi) is 8.03. The summed E-state index contributed by atoms with van der Waals surface area (Å²) in [5.74, 6) is 0.425. The number of aryl methyl sites for hydroxylation is 1. The van der Waals surface area contributed by atoms with E-state index in [2.05, 4.69) is 49.9 Å². The molecule has 0 radical (unpaired) electrons. The molecule has 0 fully saturated rings. The van der Waals surface area contributed by atoms with Gasteiger partial charge in [-0.1, -0.05) is 33.1 Å². The van der Waals surface area contributed by atoms with Gasteiger partial charge in [-0.05, 0) is 38.2 Å². The standard InChI is InChI=1S/C18H29NO2/c1-4-17(14-19-12-8-9-15(2)13-19)16(3)10-6-5-7-11-18(20)21/h8-9,12-13,16-17H,4-7,10-11,14H2,1-3H3. The topological polar surface area (TPSA) is 44.0 Å². The van der Waals surface area contributed by atoms with Gasteiger partial charge in [-0.15, -0.1) is 0 Å². The highest BCUT2D eigenvalue weighted by molar-refractivity contribution is 5.63. The number of nitrogens with zero attached hydrogens (tertiary/aromatic N) is 1. The molecular formula is C18H29NO2. The number of hydrogen-bond donors (Lipinski definition) is 0. The average Bonchev–Trinajstić information content (AvgIpc) is 2.44. The number of aromatic nitrogens is 1. The van der Waals surface area contributed by atoms with E-state index in [9.17, 15) is 9.90 Å². The van der Waals surface area contributed by atoms with Crippen molar-refractivity contribution in [3.05, 3.63) is 30.1 Å². The van der Waals surface area contributed by atoms with Crippen LogP contribution in [0.2, 0.25) is 0 Å². The minimum atomic E-state index is -0.926. The highest BCUT2D eigenvalue weighted by Gasteiger charge is 2.19. The van der Waals surface area contributed by atoms with Crippen LogP contribution in [0.25, 0.3) is 0 Å². The minimum absolute atomic E-state index is 0.199. The third-order valence-corrected chi connectivity index (χ3v) is 4.32. The van der Waals surface area contributed by atoms with E-state index in [0.29, 0.717) is 11.8 Å². The number of rotatable bonds is 10. The predicted molar refractivity (Wildman–Crippen MR) is 82.4 cm³/mol. The van der Waals surface area contributed by atoms with Gasteiger partial charge in [-0.25, -0.2) is 4.57 Å². The van der Waals surface area contributed by atoms with Crippen molar-refractivity contribution in [1.82, 2.24) is 0 Å². The SMILES string of the molecule is CCC(C[n+]1cccc(C)c1)C(C)CCCCCC(=O)[O-]. The molecule has 0 N–H and O–H groups in total. The summed E-state index contributed by atoms with van der Waals surface area (Å²) in [7, 11) is 0. The van der Waals surface area contributed by atoms with Crippen molar-refractivity contribution in [2.24, 2.45) is 11.8 Å². The second-order valence-corrected chi connectivity index (χ2v) is 6.20. The lowest BCUT2D eigenvalue weighted by molar-refractivity contribution is -0.704. The van der Waals surface area contributed by atoms with Crippen LogP contribution in [0.1, 0.15) is 57.9 Å². The van der Waals surface area contributed by atoms with Gasteiger partial charge < -0.3 is 9.90 Å². The fourth-order valence-electron chi connectivity index (χ4n) is 2.90. The summed E-state index contributed by atoms with van der Waals surface area (Å²) in [6.07, 6.45) is 9.76. The van der Waals surface area contributed by atoms with E-state index in [1.807, 2.05) is 0 Å². The summed E-state index contributed by atoms with van der Waals surface area (Å²) in [5.41, 5.74) is 1.29. The quantitative estimate of drug-likeness (QED) is 0.491. The zero-order chi connectivity index (χ0) is 15.7. The summed E-state index contributed by atoms with van der Waals surface area (Å²) >= 11 is 0. The molecular weight excluding hydrogens is 262 g/mol. The van der Waals surface area contributed by atoms with Crippen molar-refractivity contribution < 1.29 is 14.5 Å². The zero-order valence-corrected chi connectivity index (χ0v) is 13.7. The maximum absolute atomic E-state index is 10.4. The first-order valence-corrected chi connectivity index (χ1v) is 8.18. The van der Waals surface area contributed by atoms with Crippen molar-refractivity contribution in [3.63, 3.8) is 0 Å². The summed E-state index contributed by atoms with van der Waals surface area (Å²) in [4.78, 5) is 10.4. The molecule has 0 aromatic carbocycles. The molecule has 0 bridgehead atoms. The third-order valence-electron chi connectivity index (χ3n) is 4.32. The fraction of sp³-hybridized carbons (Fsp3) is 0.667. The van der Waals surface area contributed by atoms with Gasteiger partial charge >= 0.3 is 0 Å². The second-order valence-electron chi connectivity index (χ2n) is 6.20. The summed E-state index contributed by atoms with van der Waals surface area (Å²) < 4.78 is 2.29. The van der Waals surface area contributed by atoms with Crippen LogP contribution in [0, 0.1) is 18.8 Å². The first-order valence-electron chi connectivity index (χ1n) is 8.18. The lowest BCUT2D eigenvalue weighted by atomic mass is 9.87. The van der Waals surface area contributed by atoms with E-state index < -0.39 is 5.97 Å². The molecule has 0 saturated carbocycles. The smallest absolute Gasteiger partial charge is 0.171 e. The van der Waals surface area contributed by atoms with E-state index in [4.69, 9.17) is 0 Å². The van der Waals surface area contributed by atoms with Gasteiger partial charge in [0.25, 0.3) is 0 Å². The minimum Gasteiger partial charge on any atom is -0.550 e. The molecule has 0 spiro atoms. The Bertz CT molecular complexity index is 431. The monoisotopic (exact) mass is 291 g/mol. The average molecular weight is 291 g/mol. The first kappa shape index (κ1) is 17.7. The molecule has 1 aromatic heterocycles. The van der Waals surface area contributed by atoms with Gasteiger partial charge in [0, 0.05) is 23.5 Å². The lowest BCUT2D eigenvalue weighted by Gasteiger charge is -2.20. The number of carboxylic acid groups (broad SMARTS) is 1. The molecule has 0 aliphatic carbocycles. The van der Waals surface area contributed by atoms with Crippen molar-refractivity contribution in [3.8, 4) is 0 Å². The van der Waals surface area contributed by atoms with Crippen molar-refractivity contribution >= 4 is 5.97 Å². The molecule has 1 rings (SSSR count). The van der Waals surface area contributed by atoms with E-state index in [1.54, 1.807) is 0 Å². The molecule has 0 amide bonds. The van der Waals surface area contributed by atoms with Crippen LogP contribution in [-0.2, 0) is 11.3 Å². The Hall–Kier alpha value is -1.38. The van der Waals surface area contributed by atoms with Gasteiger partial charge in [-0.2, -0.15) is 0 Å². The van der Waals surface area contributed by atoms with Crippen molar-refractivity contribution in [1.29, 1.82) is 0 Å². The summed E-state index contributed by atoms with van der Waals surface area (Å²) in [5, 5.41) is 10.4. The van der Waals surface area contributed by atoms with Crippen LogP contribution in [0.15, 0.2) is 24.5 Å². The summed E-state index contributed by atoms with van der Waals surface area (Å²) in [6, 6.07) is 4.23. The van der Waals surface area contributed by atoms with Gasteiger partial charge in [0.1, 0.15) is 0 Å². The van der Waals surface area contributed by atoms with Crippen molar-refractivity contribution in [2.45, 2.75) is 65.8 Å². The maximum atomic E-state index is 10.4. The number of hydrogen-bond acceptors (Lipinski definition) is 2. The number of unbranched alkanes of at least 4 members (excludes halogenated alkanes) is 2. The highest BCUT2D eigenvalue weighted by atomic mass is 16.4. The predicted octanol–water partition coefficient (Wildman–Crippen LogP) is 2.65. The highest BCUT2D eigenvalue weighted by Crippen LogP contribution is 2.22. The number of carbonyl (C=O) groups excluding carboxylic acids is 1. The third kappa shape index (κ3) is 7.26. The molecule has 0 aliphatic heterocycles. The summed E-state index contributed by atoms with van der Waals surface area (Å²) in [6.45, 7) is 7.77. The van der Waals surface area contributed by atoms with E-state index in [0.717, 1.165) is 25.8 Å². The van der Waals surface area contributed by atoms with Gasteiger partial charge in [0.05, 0.1) is 0 Å². The van der Waals surface area contributed by atoms with Gasteiger partial charge in [0.15, 0.2) is 18.9 Å². The molecule has 118 valence electrons. The molecule has 2 atom stereocenters. The molecule has 2 unspecified atom stereocenters. The zero-order valence-electron chi connectivity index (χ0n) is 13.7. The van der Waals surface area contributed by atoms with Gasteiger partial charge in [0.2, 0.25) is 0 Å². The van der Waals surface area contributed by atoms with E-state index >= 15 is 0 Å².